The van der Waals surface area contributed by atoms with Gasteiger partial charge in [0.15, 0.2) is 11.5 Å². The first-order valence-corrected chi connectivity index (χ1v) is 10.2. The average molecular weight is 460 g/mol. The van der Waals surface area contributed by atoms with Crippen molar-refractivity contribution in [2.45, 2.75) is 6.92 Å². The van der Waals surface area contributed by atoms with Gasteiger partial charge in [-0.1, -0.05) is 46.8 Å². The van der Waals surface area contributed by atoms with E-state index < -0.39 is 0 Å². The Bertz CT molecular complexity index is 943. The molecule has 3 rings (SSSR count). The third-order valence-corrected chi connectivity index (χ3v) is 5.37. The maximum Gasteiger partial charge on any atom is 0.298 e. The maximum atomic E-state index is 12.8. The van der Waals surface area contributed by atoms with Gasteiger partial charge in [0.25, 0.3) is 11.1 Å². The van der Waals surface area contributed by atoms with E-state index in [1.54, 1.807) is 48.6 Å². The van der Waals surface area contributed by atoms with E-state index in [9.17, 15) is 9.59 Å². The Balaban J connectivity index is 1.94. The lowest BCUT2D eigenvalue weighted by atomic mass is 10.1. The molecule has 0 N–H and O–H groups in total. The lowest BCUT2D eigenvalue weighted by molar-refractivity contribution is -0.113. The number of carbonyl (C=O) groups is 2. The standard InChI is InChI=1S/C21H18BrNO4S/c1-3-10-27-18-13-16(22)14(11-17(18)26-4-2)12-19-20(24)23(21(25)28-19)15-8-6-5-7-9-15/h3,5-9,11-13H,1,4,10H2,2H3/b19-12-. The van der Waals surface area contributed by atoms with E-state index in [0.717, 1.165) is 16.2 Å². The number of rotatable bonds is 7. The van der Waals surface area contributed by atoms with Gasteiger partial charge in [0.2, 0.25) is 0 Å². The largest absolute Gasteiger partial charge is 0.490 e. The van der Waals surface area contributed by atoms with Crippen molar-refractivity contribution < 1.29 is 19.1 Å². The molecule has 0 unspecified atom stereocenters. The summed E-state index contributed by atoms with van der Waals surface area (Å²) >= 11 is 4.41. The number of ether oxygens (including phenoxy) is 2. The molecule has 5 nitrogen and oxygen atoms in total. The minimum atomic E-state index is -0.349. The van der Waals surface area contributed by atoms with Crippen LogP contribution in [0.4, 0.5) is 10.5 Å². The molecule has 1 fully saturated rings. The van der Waals surface area contributed by atoms with Gasteiger partial charge in [-0.05, 0) is 54.6 Å². The first-order chi connectivity index (χ1) is 13.5. The molecule has 2 aromatic carbocycles. The maximum absolute atomic E-state index is 12.8. The number of nitrogens with zero attached hydrogens (tertiary/aromatic N) is 1. The van der Waals surface area contributed by atoms with Gasteiger partial charge < -0.3 is 9.47 Å². The Kier molecular flexibility index (Phi) is 6.59. The van der Waals surface area contributed by atoms with Gasteiger partial charge in [0.1, 0.15) is 6.61 Å². The Morgan fingerprint density at radius 3 is 2.54 bits per heavy atom. The zero-order chi connectivity index (χ0) is 20.1. The van der Waals surface area contributed by atoms with E-state index in [1.807, 2.05) is 13.0 Å². The molecule has 1 aliphatic heterocycles. The van der Waals surface area contributed by atoms with Crippen LogP contribution >= 0.6 is 27.7 Å². The Hall–Kier alpha value is -2.51. The summed E-state index contributed by atoms with van der Waals surface area (Å²) in [4.78, 5) is 26.7. The summed E-state index contributed by atoms with van der Waals surface area (Å²) in [6, 6.07) is 12.4. The van der Waals surface area contributed by atoms with Crippen molar-refractivity contribution in [1.29, 1.82) is 0 Å². The van der Waals surface area contributed by atoms with Crippen LogP contribution in [0.3, 0.4) is 0 Å². The number of para-hydroxylation sites is 1. The smallest absolute Gasteiger partial charge is 0.298 e. The highest BCUT2D eigenvalue weighted by Gasteiger charge is 2.36. The van der Waals surface area contributed by atoms with Crippen molar-refractivity contribution in [3.05, 3.63) is 70.1 Å². The molecule has 0 bridgehead atoms. The second kappa shape index (κ2) is 9.12. The summed E-state index contributed by atoms with van der Waals surface area (Å²) in [7, 11) is 0. The lowest BCUT2D eigenvalue weighted by Gasteiger charge is -2.13. The van der Waals surface area contributed by atoms with Gasteiger partial charge >= 0.3 is 0 Å². The molecule has 2 aromatic rings. The Morgan fingerprint density at radius 1 is 1.14 bits per heavy atom. The van der Waals surface area contributed by atoms with Crippen LogP contribution < -0.4 is 14.4 Å². The molecule has 0 aliphatic carbocycles. The van der Waals surface area contributed by atoms with Crippen LogP contribution in [-0.4, -0.2) is 24.4 Å². The minimum absolute atomic E-state index is 0.324. The summed E-state index contributed by atoms with van der Waals surface area (Å²) in [6.07, 6.45) is 3.33. The van der Waals surface area contributed by atoms with Crippen LogP contribution in [0.15, 0.2) is 64.5 Å². The van der Waals surface area contributed by atoms with Crippen LogP contribution in [0, 0.1) is 0 Å². The molecule has 0 saturated carbocycles. The fourth-order valence-corrected chi connectivity index (χ4v) is 3.87. The first kappa shape index (κ1) is 20.2. The van der Waals surface area contributed by atoms with Gasteiger partial charge in [-0.3, -0.25) is 9.59 Å². The summed E-state index contributed by atoms with van der Waals surface area (Å²) in [6.45, 7) is 6.34. The average Bonchev–Trinajstić information content (AvgIpc) is 2.97. The monoisotopic (exact) mass is 459 g/mol. The van der Waals surface area contributed by atoms with Crippen molar-refractivity contribution in [2.75, 3.05) is 18.1 Å². The van der Waals surface area contributed by atoms with Crippen LogP contribution in [0.1, 0.15) is 12.5 Å². The van der Waals surface area contributed by atoms with Crippen LogP contribution in [0.2, 0.25) is 0 Å². The topological polar surface area (TPSA) is 55.8 Å². The molecular formula is C21H18BrNO4S. The highest BCUT2D eigenvalue weighted by molar-refractivity contribution is 9.10. The highest BCUT2D eigenvalue weighted by atomic mass is 79.9. The van der Waals surface area contributed by atoms with Gasteiger partial charge in [-0.2, -0.15) is 0 Å². The summed E-state index contributed by atoms with van der Waals surface area (Å²) in [5.41, 5.74) is 1.27. The number of anilines is 1. The van der Waals surface area contributed by atoms with Crippen molar-refractivity contribution in [2.24, 2.45) is 0 Å². The third kappa shape index (κ3) is 4.31. The highest BCUT2D eigenvalue weighted by Crippen LogP contribution is 2.39. The molecule has 0 spiro atoms. The second-order valence-electron chi connectivity index (χ2n) is 5.71. The molecule has 28 heavy (non-hydrogen) atoms. The number of amides is 2. The van der Waals surface area contributed by atoms with Crippen LogP contribution in [0.5, 0.6) is 11.5 Å². The molecule has 1 aliphatic rings. The summed E-state index contributed by atoms with van der Waals surface area (Å²) < 4.78 is 12.0. The van der Waals surface area contributed by atoms with Crippen molar-refractivity contribution in [1.82, 2.24) is 0 Å². The molecule has 0 radical (unpaired) electrons. The Labute approximate surface area is 176 Å². The van der Waals surface area contributed by atoms with Crippen molar-refractivity contribution >= 4 is 50.6 Å². The number of hydrogen-bond donors (Lipinski definition) is 0. The van der Waals surface area contributed by atoms with E-state index in [0.29, 0.717) is 40.9 Å². The molecule has 1 saturated heterocycles. The van der Waals surface area contributed by atoms with E-state index in [-0.39, 0.29) is 11.1 Å². The number of halogens is 1. The molecule has 7 heteroatoms. The molecule has 1 heterocycles. The van der Waals surface area contributed by atoms with Gasteiger partial charge in [-0.15, -0.1) is 0 Å². The molecule has 2 amide bonds. The van der Waals surface area contributed by atoms with Crippen molar-refractivity contribution in [3.63, 3.8) is 0 Å². The number of benzene rings is 2. The zero-order valence-corrected chi connectivity index (χ0v) is 17.6. The van der Waals surface area contributed by atoms with Crippen LogP contribution in [0.25, 0.3) is 6.08 Å². The summed E-state index contributed by atoms with van der Waals surface area (Å²) in [5, 5.41) is -0.324. The number of thioether (sulfide) groups is 1. The van der Waals surface area contributed by atoms with Gasteiger partial charge in [0.05, 0.1) is 17.2 Å². The Morgan fingerprint density at radius 2 is 1.86 bits per heavy atom. The van der Waals surface area contributed by atoms with E-state index >= 15 is 0 Å². The summed E-state index contributed by atoms with van der Waals surface area (Å²) in [5.74, 6) is 0.780. The minimum Gasteiger partial charge on any atom is -0.490 e. The van der Waals surface area contributed by atoms with E-state index in [1.165, 1.54) is 4.90 Å². The van der Waals surface area contributed by atoms with E-state index in [4.69, 9.17) is 9.47 Å². The number of carbonyl (C=O) groups excluding carboxylic acids is 2. The van der Waals surface area contributed by atoms with Gasteiger partial charge in [-0.25, -0.2) is 4.90 Å². The molecule has 144 valence electrons. The predicted octanol–water partition coefficient (Wildman–Crippen LogP) is 5.65. The molecule has 0 atom stereocenters. The van der Waals surface area contributed by atoms with Crippen LogP contribution in [-0.2, 0) is 4.79 Å². The SMILES string of the molecule is C=CCOc1cc(Br)c(/C=C2\SC(=O)N(c3ccccc3)C2=O)cc1OCC. The van der Waals surface area contributed by atoms with E-state index in [2.05, 4.69) is 22.5 Å². The first-order valence-electron chi connectivity index (χ1n) is 8.58. The zero-order valence-electron chi connectivity index (χ0n) is 15.2. The third-order valence-electron chi connectivity index (χ3n) is 3.81. The fraction of sp³-hybridized carbons (Fsp3) is 0.143. The second-order valence-corrected chi connectivity index (χ2v) is 7.55. The number of hydrogen-bond acceptors (Lipinski definition) is 5. The fourth-order valence-electron chi connectivity index (χ4n) is 2.60. The normalized spacial score (nSPS) is 15.2. The molecule has 0 aromatic heterocycles. The quantitative estimate of drug-likeness (QED) is 0.395. The number of imide groups is 1. The van der Waals surface area contributed by atoms with Gasteiger partial charge in [0, 0.05) is 4.47 Å². The predicted molar refractivity (Wildman–Crippen MR) is 116 cm³/mol. The van der Waals surface area contributed by atoms with Crippen molar-refractivity contribution in [3.8, 4) is 11.5 Å². The molecular weight excluding hydrogens is 442 g/mol. The lowest BCUT2D eigenvalue weighted by Crippen LogP contribution is -2.27.